The molecular weight excluding hydrogens is 719 g/mol. The maximum atomic E-state index is 14.5. The Morgan fingerprint density at radius 2 is 1.40 bits per heavy atom. The van der Waals surface area contributed by atoms with Crippen LogP contribution in [-0.4, -0.2) is 30.1 Å². The number of Topliss-reactive ketones (excluding diaryl/α,β-unsaturated/α-hetero) is 1. The third kappa shape index (κ3) is 10.2. The molecule has 1 aliphatic carbocycles. The van der Waals surface area contributed by atoms with E-state index in [4.69, 9.17) is 14.2 Å². The lowest BCUT2D eigenvalue weighted by atomic mass is 9.81. The fourth-order valence-corrected chi connectivity index (χ4v) is 7.09. The van der Waals surface area contributed by atoms with Crippen molar-refractivity contribution in [3.05, 3.63) is 160 Å². The molecule has 0 saturated carbocycles. The van der Waals surface area contributed by atoms with E-state index in [9.17, 15) is 9.90 Å². The third-order valence-corrected chi connectivity index (χ3v) is 11.4. The number of nitrogens with one attached hydrogen (secondary N) is 1. The summed E-state index contributed by atoms with van der Waals surface area (Å²) in [5.41, 5.74) is 7.09. The average Bonchev–Trinajstić information content (AvgIpc) is 3.26. The smallest absolute Gasteiger partial charge is 0.197 e. The molecule has 6 nitrogen and oxygen atoms in total. The topological polar surface area (TPSA) is 77.0 Å². The molecule has 0 amide bonds. The molecule has 1 atom stereocenters. The summed E-state index contributed by atoms with van der Waals surface area (Å²) in [4.78, 5) is 14.5. The number of ketones is 1. The van der Waals surface area contributed by atoms with Gasteiger partial charge < -0.3 is 24.6 Å². The van der Waals surface area contributed by atoms with Crippen molar-refractivity contribution in [1.29, 1.82) is 0 Å². The number of carbonyl (C=O) groups is 1. The molecule has 1 aliphatic heterocycles. The summed E-state index contributed by atoms with van der Waals surface area (Å²) in [5.74, 6) is 3.83. The first-order chi connectivity index (χ1) is 28.2. The van der Waals surface area contributed by atoms with Crippen molar-refractivity contribution in [1.82, 2.24) is 5.32 Å². The van der Waals surface area contributed by atoms with Gasteiger partial charge in [-0.2, -0.15) is 0 Å². The number of hydrogen-bond donors (Lipinski definition) is 2. The molecule has 2 N–H and O–H groups in total. The number of phenolic OH excluding ortho intramolecular Hbond substituents is 1. The van der Waals surface area contributed by atoms with Gasteiger partial charge in [-0.25, -0.2) is 0 Å². The first kappa shape index (κ1) is 41.9. The van der Waals surface area contributed by atoms with Crippen molar-refractivity contribution in [2.75, 3.05) is 13.2 Å². The first-order valence-corrected chi connectivity index (χ1v) is 21.2. The summed E-state index contributed by atoms with van der Waals surface area (Å²) in [6, 6.07) is 31.6. The fourth-order valence-electron chi connectivity index (χ4n) is 7.09. The molecule has 1 unspecified atom stereocenters. The molecule has 0 radical (unpaired) electrons. The van der Waals surface area contributed by atoms with E-state index >= 15 is 0 Å². The zero-order chi connectivity index (χ0) is 41.0. The minimum atomic E-state index is -0.0756. The van der Waals surface area contributed by atoms with E-state index in [0.29, 0.717) is 65.4 Å². The number of benzene rings is 4. The van der Waals surface area contributed by atoms with E-state index in [1.54, 1.807) is 6.07 Å². The van der Waals surface area contributed by atoms with E-state index in [2.05, 4.69) is 65.1 Å². The van der Waals surface area contributed by atoms with Gasteiger partial charge in [0.25, 0.3) is 0 Å². The highest BCUT2D eigenvalue weighted by Crippen LogP contribution is 2.43. The number of ether oxygens (including phenoxy) is 3. The van der Waals surface area contributed by atoms with E-state index < -0.39 is 0 Å². The molecule has 1 heterocycles. The van der Waals surface area contributed by atoms with Crippen LogP contribution in [-0.2, 0) is 11.2 Å². The van der Waals surface area contributed by atoms with Gasteiger partial charge in [0.05, 0.1) is 18.9 Å². The molecular formula is C52H59NO5. The summed E-state index contributed by atoms with van der Waals surface area (Å²) in [6.07, 6.45) is 13.7. The van der Waals surface area contributed by atoms with Crippen molar-refractivity contribution >= 4 is 22.7 Å². The third-order valence-electron chi connectivity index (χ3n) is 11.4. The highest BCUT2D eigenvalue weighted by atomic mass is 16.5. The Morgan fingerprint density at radius 3 is 2.03 bits per heavy atom. The minimum Gasteiger partial charge on any atom is -0.507 e. The highest BCUT2D eigenvalue weighted by molar-refractivity contribution is 6.23. The molecule has 4 aromatic carbocycles. The van der Waals surface area contributed by atoms with E-state index in [1.807, 2.05) is 97.1 Å². The summed E-state index contributed by atoms with van der Waals surface area (Å²) in [7, 11) is 0. The fraction of sp³-hybridized carbons (Fsp3) is 0.327. The van der Waals surface area contributed by atoms with Gasteiger partial charge in [-0.3, -0.25) is 4.79 Å². The molecule has 6 rings (SSSR count). The van der Waals surface area contributed by atoms with Gasteiger partial charge in [0.1, 0.15) is 28.8 Å². The molecule has 4 aromatic rings. The number of aromatic hydroxyl groups is 1. The van der Waals surface area contributed by atoms with Crippen LogP contribution >= 0.6 is 0 Å². The predicted octanol–water partition coefficient (Wildman–Crippen LogP) is 12.3. The Hall–Kier alpha value is -5.75. The molecule has 58 heavy (non-hydrogen) atoms. The molecule has 0 aromatic heterocycles. The van der Waals surface area contributed by atoms with Crippen molar-refractivity contribution < 1.29 is 24.1 Å². The lowest BCUT2D eigenvalue weighted by Gasteiger charge is -2.29. The van der Waals surface area contributed by atoms with Crippen LogP contribution in [0.5, 0.6) is 23.0 Å². The van der Waals surface area contributed by atoms with Crippen LogP contribution in [0.3, 0.4) is 0 Å². The normalized spacial score (nSPS) is 16.0. The molecule has 0 fully saturated rings. The van der Waals surface area contributed by atoms with Crippen LogP contribution in [0.4, 0.5) is 0 Å². The average molecular weight is 778 g/mol. The SMILES string of the molecule is CCC(CC)COc1ccc(O)c(C(/C=C2\C(=O)C(/C=C3\C=C(c4ccccc4)Oc4ccc(OCC(CC)CC)cc43)=C2NC(C)CC)=C\Cc2ccccc2)c1. The Labute approximate surface area is 345 Å². The van der Waals surface area contributed by atoms with Crippen LogP contribution in [0.25, 0.3) is 16.9 Å². The lowest BCUT2D eigenvalue weighted by Crippen LogP contribution is -2.36. The number of allylic oxidation sites excluding steroid dienone is 8. The van der Waals surface area contributed by atoms with Gasteiger partial charge in [-0.05, 0) is 103 Å². The largest absolute Gasteiger partial charge is 0.507 e. The number of phenols is 1. The van der Waals surface area contributed by atoms with Crippen molar-refractivity contribution in [3.63, 3.8) is 0 Å². The number of fused-ring (bicyclic) bond motifs is 1. The molecule has 6 heteroatoms. The minimum absolute atomic E-state index is 0.0756. The highest BCUT2D eigenvalue weighted by Gasteiger charge is 2.34. The molecule has 0 saturated heterocycles. The number of carbonyl (C=O) groups excluding carboxylic acids is 1. The number of rotatable bonds is 19. The lowest BCUT2D eigenvalue weighted by molar-refractivity contribution is -0.113. The summed E-state index contributed by atoms with van der Waals surface area (Å²) in [5, 5.41) is 15.0. The summed E-state index contributed by atoms with van der Waals surface area (Å²) < 4.78 is 19.0. The second kappa shape index (κ2) is 20.1. The summed E-state index contributed by atoms with van der Waals surface area (Å²) in [6.45, 7) is 14.2. The standard InChI is InChI=1S/C52H59NO5/c1-7-35(6)53-51-46(28-40(23-22-38-18-14-12-15-19-38)44-31-42(24-26-48(44)54)56-33-36(8-2)9-3)52(55)47(51)29-41-30-50(39-20-16-13-17-21-39)58-49-27-25-43(32-45(41)49)57-34-37(10-4)11-5/h12-21,23-32,35-37,53-54H,7-11,22,33-34H2,1-6H3/b40-23-,41-29+,46-28-. The molecule has 302 valence electrons. The van der Waals surface area contributed by atoms with Gasteiger partial charge in [-0.1, -0.05) is 127 Å². The van der Waals surface area contributed by atoms with Crippen LogP contribution < -0.4 is 19.5 Å². The zero-order valence-corrected chi connectivity index (χ0v) is 35.0. The predicted molar refractivity (Wildman–Crippen MR) is 238 cm³/mol. The van der Waals surface area contributed by atoms with Crippen molar-refractivity contribution in [2.45, 2.75) is 86.1 Å². The van der Waals surface area contributed by atoms with Crippen molar-refractivity contribution in [2.24, 2.45) is 11.8 Å². The van der Waals surface area contributed by atoms with E-state index in [-0.39, 0.29) is 17.6 Å². The van der Waals surface area contributed by atoms with Crippen molar-refractivity contribution in [3.8, 4) is 23.0 Å². The second-order valence-corrected chi connectivity index (χ2v) is 15.4. The second-order valence-electron chi connectivity index (χ2n) is 15.4. The number of hydrogen-bond acceptors (Lipinski definition) is 6. The van der Waals surface area contributed by atoms with Gasteiger partial charge in [0.15, 0.2) is 5.78 Å². The first-order valence-electron chi connectivity index (χ1n) is 21.2. The maximum Gasteiger partial charge on any atom is 0.197 e. The van der Waals surface area contributed by atoms with Gasteiger partial charge in [-0.15, -0.1) is 0 Å². The summed E-state index contributed by atoms with van der Waals surface area (Å²) >= 11 is 0. The molecule has 2 aliphatic rings. The zero-order valence-electron chi connectivity index (χ0n) is 35.0. The Balaban J connectivity index is 1.46. The van der Waals surface area contributed by atoms with E-state index in [0.717, 1.165) is 71.4 Å². The monoisotopic (exact) mass is 777 g/mol. The van der Waals surface area contributed by atoms with Crippen LogP contribution in [0, 0.1) is 11.8 Å². The van der Waals surface area contributed by atoms with Gasteiger partial charge in [0.2, 0.25) is 0 Å². The Kier molecular flexibility index (Phi) is 14.5. The molecule has 0 spiro atoms. The Bertz CT molecular complexity index is 2190. The molecule has 0 bridgehead atoms. The quantitative estimate of drug-likeness (QED) is 0.0924. The Morgan fingerprint density at radius 1 is 0.776 bits per heavy atom. The van der Waals surface area contributed by atoms with Gasteiger partial charge in [0, 0.05) is 33.9 Å². The van der Waals surface area contributed by atoms with Crippen LogP contribution in [0.2, 0.25) is 0 Å². The van der Waals surface area contributed by atoms with Gasteiger partial charge >= 0.3 is 0 Å². The van der Waals surface area contributed by atoms with E-state index in [1.165, 1.54) is 0 Å². The van der Waals surface area contributed by atoms with Crippen LogP contribution in [0.15, 0.2) is 138 Å². The van der Waals surface area contributed by atoms with Crippen LogP contribution in [0.1, 0.15) is 95.9 Å². The maximum absolute atomic E-state index is 14.5.